The molecule has 2 aromatic carbocycles. The molecule has 1 aliphatic heterocycles. The number of halogens is 1. The summed E-state index contributed by atoms with van der Waals surface area (Å²) in [5.41, 5.74) is 1.74. The van der Waals surface area contributed by atoms with E-state index in [0.717, 1.165) is 16.3 Å². The van der Waals surface area contributed by atoms with E-state index in [2.05, 4.69) is 10.6 Å². The molecule has 0 aromatic heterocycles. The highest BCUT2D eigenvalue weighted by Gasteiger charge is 2.20. The number of thioether (sulfide) groups is 1. The van der Waals surface area contributed by atoms with E-state index in [1.165, 1.54) is 11.8 Å². The first kappa shape index (κ1) is 13.1. The Kier molecular flexibility index (Phi) is 3.67. The SMILES string of the molecule is O=C1Nc2ccccc2S/C1=C\Nc1ccc(Cl)cc1. The van der Waals surface area contributed by atoms with Crippen LogP contribution < -0.4 is 10.6 Å². The third-order valence-electron chi connectivity index (χ3n) is 2.79. The van der Waals surface area contributed by atoms with Crippen molar-refractivity contribution in [3.8, 4) is 0 Å². The lowest BCUT2D eigenvalue weighted by Gasteiger charge is -2.18. The van der Waals surface area contributed by atoms with Crippen LogP contribution in [0.3, 0.4) is 0 Å². The average molecular weight is 303 g/mol. The first-order chi connectivity index (χ1) is 9.72. The molecule has 0 radical (unpaired) electrons. The van der Waals surface area contributed by atoms with Crippen LogP contribution in [0, 0.1) is 0 Å². The van der Waals surface area contributed by atoms with Crippen LogP contribution in [0.5, 0.6) is 0 Å². The Morgan fingerprint density at radius 3 is 2.65 bits per heavy atom. The molecule has 20 heavy (non-hydrogen) atoms. The van der Waals surface area contributed by atoms with Crippen molar-refractivity contribution in [2.24, 2.45) is 0 Å². The standard InChI is InChI=1S/C15H11ClN2OS/c16-10-5-7-11(8-6-10)17-9-14-15(19)18-12-3-1-2-4-13(12)20-14/h1-9,17H,(H,18,19)/b14-9-. The van der Waals surface area contributed by atoms with Crippen LogP contribution in [0.15, 0.2) is 64.5 Å². The summed E-state index contributed by atoms with van der Waals surface area (Å²) in [6.45, 7) is 0. The van der Waals surface area contributed by atoms with Crippen LogP contribution in [0.2, 0.25) is 5.02 Å². The number of rotatable bonds is 2. The van der Waals surface area contributed by atoms with Crippen molar-refractivity contribution in [2.75, 3.05) is 10.6 Å². The number of para-hydroxylation sites is 1. The molecule has 1 heterocycles. The van der Waals surface area contributed by atoms with Gasteiger partial charge in [0.2, 0.25) is 0 Å². The Hall–Kier alpha value is -1.91. The van der Waals surface area contributed by atoms with E-state index < -0.39 is 0 Å². The number of anilines is 2. The van der Waals surface area contributed by atoms with E-state index in [0.29, 0.717) is 9.93 Å². The molecule has 100 valence electrons. The number of hydrogen-bond acceptors (Lipinski definition) is 3. The van der Waals surface area contributed by atoms with Gasteiger partial charge in [-0.25, -0.2) is 0 Å². The molecule has 2 N–H and O–H groups in total. The van der Waals surface area contributed by atoms with E-state index in [1.54, 1.807) is 18.3 Å². The van der Waals surface area contributed by atoms with Crippen molar-refractivity contribution in [3.05, 3.63) is 64.7 Å². The third-order valence-corrected chi connectivity index (χ3v) is 4.14. The maximum atomic E-state index is 12.0. The van der Waals surface area contributed by atoms with Gasteiger partial charge in [-0.3, -0.25) is 4.79 Å². The highest BCUT2D eigenvalue weighted by atomic mass is 35.5. The molecule has 1 aliphatic rings. The van der Waals surface area contributed by atoms with E-state index >= 15 is 0 Å². The molecular formula is C15H11ClN2OS. The largest absolute Gasteiger partial charge is 0.360 e. The minimum absolute atomic E-state index is 0.102. The Bertz CT molecular complexity index is 683. The van der Waals surface area contributed by atoms with Crippen LogP contribution in [-0.2, 0) is 4.79 Å². The van der Waals surface area contributed by atoms with E-state index in [4.69, 9.17) is 11.6 Å². The summed E-state index contributed by atoms with van der Waals surface area (Å²) in [6.07, 6.45) is 1.71. The molecule has 0 saturated carbocycles. The minimum Gasteiger partial charge on any atom is -0.360 e. The van der Waals surface area contributed by atoms with Crippen molar-refractivity contribution in [1.82, 2.24) is 0 Å². The molecule has 0 saturated heterocycles. The quantitative estimate of drug-likeness (QED) is 0.811. The smallest absolute Gasteiger partial charge is 0.263 e. The molecule has 2 aromatic rings. The second-order valence-electron chi connectivity index (χ2n) is 4.21. The van der Waals surface area contributed by atoms with Crippen molar-refractivity contribution < 1.29 is 4.79 Å². The number of carbonyl (C=O) groups excluding carboxylic acids is 1. The van der Waals surface area contributed by atoms with Gasteiger partial charge in [0.1, 0.15) is 0 Å². The molecule has 0 aliphatic carbocycles. The second-order valence-corrected chi connectivity index (χ2v) is 5.73. The first-order valence-corrected chi connectivity index (χ1v) is 7.22. The Morgan fingerprint density at radius 2 is 1.85 bits per heavy atom. The van der Waals surface area contributed by atoms with Gasteiger partial charge in [-0.15, -0.1) is 0 Å². The zero-order chi connectivity index (χ0) is 13.9. The zero-order valence-corrected chi connectivity index (χ0v) is 12.0. The number of hydrogen-bond donors (Lipinski definition) is 2. The fraction of sp³-hybridized carbons (Fsp3) is 0. The number of nitrogens with one attached hydrogen (secondary N) is 2. The van der Waals surface area contributed by atoms with Crippen LogP contribution >= 0.6 is 23.4 Å². The van der Waals surface area contributed by atoms with Gasteiger partial charge in [-0.1, -0.05) is 35.5 Å². The number of amides is 1. The molecular weight excluding hydrogens is 292 g/mol. The fourth-order valence-electron chi connectivity index (χ4n) is 1.80. The summed E-state index contributed by atoms with van der Waals surface area (Å²) in [7, 11) is 0. The predicted molar refractivity (Wildman–Crippen MR) is 84.1 cm³/mol. The third kappa shape index (κ3) is 2.81. The Labute approximate surface area is 126 Å². The average Bonchev–Trinajstić information content (AvgIpc) is 2.47. The maximum absolute atomic E-state index is 12.0. The van der Waals surface area contributed by atoms with Gasteiger partial charge < -0.3 is 10.6 Å². The van der Waals surface area contributed by atoms with Crippen LogP contribution in [0.4, 0.5) is 11.4 Å². The summed E-state index contributed by atoms with van der Waals surface area (Å²) >= 11 is 7.28. The normalized spacial score (nSPS) is 15.7. The molecule has 0 bridgehead atoms. The van der Waals surface area contributed by atoms with Crippen molar-refractivity contribution >= 4 is 40.6 Å². The number of carbonyl (C=O) groups is 1. The highest BCUT2D eigenvalue weighted by Crippen LogP contribution is 2.37. The van der Waals surface area contributed by atoms with Gasteiger partial charge in [-0.2, -0.15) is 0 Å². The zero-order valence-electron chi connectivity index (χ0n) is 10.4. The monoisotopic (exact) mass is 302 g/mol. The highest BCUT2D eigenvalue weighted by molar-refractivity contribution is 8.04. The van der Waals surface area contributed by atoms with Gasteiger partial charge in [-0.05, 0) is 36.4 Å². The van der Waals surface area contributed by atoms with Gasteiger partial charge in [0, 0.05) is 21.8 Å². The molecule has 5 heteroatoms. The van der Waals surface area contributed by atoms with E-state index in [9.17, 15) is 4.79 Å². The number of benzene rings is 2. The number of fused-ring (bicyclic) bond motifs is 1. The molecule has 1 amide bonds. The summed E-state index contributed by atoms with van der Waals surface area (Å²) < 4.78 is 0. The fourth-order valence-corrected chi connectivity index (χ4v) is 2.80. The van der Waals surface area contributed by atoms with Crippen molar-refractivity contribution in [1.29, 1.82) is 0 Å². The topological polar surface area (TPSA) is 41.1 Å². The van der Waals surface area contributed by atoms with E-state index in [1.807, 2.05) is 36.4 Å². The van der Waals surface area contributed by atoms with Crippen LogP contribution in [0.25, 0.3) is 0 Å². The lowest BCUT2D eigenvalue weighted by molar-refractivity contribution is -0.112. The lowest BCUT2D eigenvalue weighted by Crippen LogP contribution is -2.17. The Balaban J connectivity index is 1.79. The van der Waals surface area contributed by atoms with Crippen molar-refractivity contribution in [2.45, 2.75) is 4.90 Å². The molecule has 3 nitrogen and oxygen atoms in total. The lowest BCUT2D eigenvalue weighted by atomic mass is 10.3. The molecule has 3 rings (SSSR count). The maximum Gasteiger partial charge on any atom is 0.263 e. The summed E-state index contributed by atoms with van der Waals surface area (Å²) in [5, 5.41) is 6.65. The van der Waals surface area contributed by atoms with Gasteiger partial charge >= 0.3 is 0 Å². The van der Waals surface area contributed by atoms with Gasteiger partial charge in [0.25, 0.3) is 5.91 Å². The first-order valence-electron chi connectivity index (χ1n) is 6.03. The molecule has 0 spiro atoms. The minimum atomic E-state index is -0.102. The summed E-state index contributed by atoms with van der Waals surface area (Å²) in [5.74, 6) is -0.102. The second kappa shape index (κ2) is 5.61. The molecule has 0 unspecified atom stereocenters. The van der Waals surface area contributed by atoms with Crippen LogP contribution in [0.1, 0.15) is 0 Å². The van der Waals surface area contributed by atoms with Crippen molar-refractivity contribution in [3.63, 3.8) is 0 Å². The summed E-state index contributed by atoms with van der Waals surface area (Å²) in [6, 6.07) is 15.0. The Morgan fingerprint density at radius 1 is 1.10 bits per heavy atom. The van der Waals surface area contributed by atoms with E-state index in [-0.39, 0.29) is 5.91 Å². The summed E-state index contributed by atoms with van der Waals surface area (Å²) in [4.78, 5) is 13.6. The molecule has 0 fully saturated rings. The van der Waals surface area contributed by atoms with Gasteiger partial charge in [0.15, 0.2) is 0 Å². The van der Waals surface area contributed by atoms with Crippen LogP contribution in [-0.4, -0.2) is 5.91 Å². The van der Waals surface area contributed by atoms with Gasteiger partial charge in [0.05, 0.1) is 10.6 Å². The molecule has 0 atom stereocenters. The predicted octanol–water partition coefficient (Wildman–Crippen LogP) is 4.34.